The first-order valence-corrected chi connectivity index (χ1v) is 9.86. The average Bonchev–Trinajstić information content (AvgIpc) is 3.29. The number of benzene rings is 1. The van der Waals surface area contributed by atoms with Crippen LogP contribution in [0.25, 0.3) is 0 Å². The topological polar surface area (TPSA) is 54.9 Å². The largest absolute Gasteiger partial charge is 0.488 e. The predicted octanol–water partition coefficient (Wildman–Crippen LogP) is 3.41. The van der Waals surface area contributed by atoms with E-state index in [1.165, 1.54) is 31.2 Å². The fraction of sp³-hybridized carbons (Fsp3) is 0.667. The lowest BCUT2D eigenvalue weighted by molar-refractivity contribution is 0.140. The summed E-state index contributed by atoms with van der Waals surface area (Å²) >= 11 is 0. The van der Waals surface area contributed by atoms with Crippen molar-refractivity contribution >= 4 is 5.96 Å². The minimum absolute atomic E-state index is 0.162. The van der Waals surface area contributed by atoms with E-state index in [9.17, 15) is 0 Å². The van der Waals surface area contributed by atoms with Gasteiger partial charge in [-0.1, -0.05) is 31.9 Å². The molecule has 5 nitrogen and oxygen atoms in total. The minimum atomic E-state index is 0.162. The van der Waals surface area contributed by atoms with E-state index in [0.29, 0.717) is 18.6 Å². The Morgan fingerprint density at radius 1 is 1.31 bits per heavy atom. The lowest BCUT2D eigenvalue weighted by Gasteiger charge is -2.25. The van der Waals surface area contributed by atoms with Crippen LogP contribution in [-0.2, 0) is 11.3 Å². The standard InChI is InChI=1S/C21H33N3O2/c1-16-6-7-17(19(12-16)26-18-8-11-25-14-18)13-23-20(22-3)24-15-21(2)9-4-5-10-21/h6-7,12,18H,4-5,8-11,13-15H2,1-3H3,(H2,22,23,24). The van der Waals surface area contributed by atoms with Crippen molar-refractivity contribution in [1.29, 1.82) is 0 Å². The van der Waals surface area contributed by atoms with Crippen molar-refractivity contribution in [3.05, 3.63) is 29.3 Å². The molecule has 0 bridgehead atoms. The van der Waals surface area contributed by atoms with Crippen LogP contribution in [-0.4, -0.2) is 38.9 Å². The summed E-state index contributed by atoms with van der Waals surface area (Å²) in [6.07, 6.45) is 6.42. The number of rotatable bonds is 6. The van der Waals surface area contributed by atoms with Crippen molar-refractivity contribution in [3.8, 4) is 5.75 Å². The Kier molecular flexibility index (Phi) is 6.41. The van der Waals surface area contributed by atoms with E-state index in [1.54, 1.807) is 0 Å². The molecule has 0 aromatic heterocycles. The highest BCUT2D eigenvalue weighted by atomic mass is 16.5. The molecule has 1 aliphatic heterocycles. The zero-order valence-corrected chi connectivity index (χ0v) is 16.4. The highest BCUT2D eigenvalue weighted by Crippen LogP contribution is 2.36. The van der Waals surface area contributed by atoms with Crippen LogP contribution < -0.4 is 15.4 Å². The molecule has 2 fully saturated rings. The summed E-state index contributed by atoms with van der Waals surface area (Å²) < 4.78 is 11.6. The Hall–Kier alpha value is -1.75. The van der Waals surface area contributed by atoms with Gasteiger partial charge in [0.1, 0.15) is 11.9 Å². The molecule has 2 aliphatic rings. The number of hydrogen-bond acceptors (Lipinski definition) is 3. The number of aliphatic imine (C=N–C) groups is 1. The summed E-state index contributed by atoms with van der Waals surface area (Å²) in [6.45, 7) is 7.61. The quantitative estimate of drug-likeness (QED) is 0.604. The molecule has 1 heterocycles. The van der Waals surface area contributed by atoms with Crippen molar-refractivity contribution in [3.63, 3.8) is 0 Å². The summed E-state index contributed by atoms with van der Waals surface area (Å²) in [4.78, 5) is 4.38. The Labute approximate surface area is 157 Å². The van der Waals surface area contributed by atoms with Gasteiger partial charge in [-0.25, -0.2) is 0 Å². The van der Waals surface area contributed by atoms with Gasteiger partial charge in [0.15, 0.2) is 5.96 Å². The summed E-state index contributed by atoms with van der Waals surface area (Å²) in [6, 6.07) is 6.38. The third kappa shape index (κ3) is 5.13. The molecule has 1 saturated carbocycles. The second kappa shape index (κ2) is 8.76. The molecule has 1 unspecified atom stereocenters. The molecule has 26 heavy (non-hydrogen) atoms. The molecule has 144 valence electrons. The first kappa shape index (κ1) is 19.0. The molecule has 1 atom stereocenters. The highest BCUT2D eigenvalue weighted by Gasteiger charge is 2.28. The van der Waals surface area contributed by atoms with E-state index in [4.69, 9.17) is 9.47 Å². The zero-order valence-electron chi connectivity index (χ0n) is 16.4. The van der Waals surface area contributed by atoms with E-state index in [2.05, 4.69) is 47.7 Å². The molecule has 2 N–H and O–H groups in total. The van der Waals surface area contributed by atoms with Crippen LogP contribution >= 0.6 is 0 Å². The average molecular weight is 360 g/mol. The zero-order chi connectivity index (χ0) is 18.4. The van der Waals surface area contributed by atoms with Crippen LogP contribution in [0, 0.1) is 12.3 Å². The van der Waals surface area contributed by atoms with Crippen molar-refractivity contribution in [2.75, 3.05) is 26.8 Å². The molecule has 0 radical (unpaired) electrons. The third-order valence-corrected chi connectivity index (χ3v) is 5.57. The van der Waals surface area contributed by atoms with Gasteiger partial charge in [-0.2, -0.15) is 0 Å². The lowest BCUT2D eigenvalue weighted by atomic mass is 9.89. The predicted molar refractivity (Wildman–Crippen MR) is 106 cm³/mol. The third-order valence-electron chi connectivity index (χ3n) is 5.57. The van der Waals surface area contributed by atoms with Crippen LogP contribution in [0.1, 0.15) is 50.2 Å². The molecular formula is C21H33N3O2. The van der Waals surface area contributed by atoms with Gasteiger partial charge in [0.05, 0.1) is 13.2 Å². The van der Waals surface area contributed by atoms with Gasteiger partial charge < -0.3 is 20.1 Å². The van der Waals surface area contributed by atoms with Crippen molar-refractivity contribution in [2.24, 2.45) is 10.4 Å². The van der Waals surface area contributed by atoms with E-state index in [0.717, 1.165) is 36.8 Å². The number of hydrogen-bond donors (Lipinski definition) is 2. The van der Waals surface area contributed by atoms with Gasteiger partial charge in [0.25, 0.3) is 0 Å². The molecule has 1 aromatic carbocycles. The van der Waals surface area contributed by atoms with Crippen LogP contribution in [0.5, 0.6) is 5.75 Å². The Morgan fingerprint density at radius 2 is 2.12 bits per heavy atom. The minimum Gasteiger partial charge on any atom is -0.488 e. The van der Waals surface area contributed by atoms with Crippen LogP contribution in [0.3, 0.4) is 0 Å². The Morgan fingerprint density at radius 3 is 2.81 bits per heavy atom. The van der Waals surface area contributed by atoms with E-state index >= 15 is 0 Å². The van der Waals surface area contributed by atoms with Crippen LogP contribution in [0.4, 0.5) is 0 Å². The SMILES string of the molecule is CN=C(NCc1ccc(C)cc1OC1CCOC1)NCC1(C)CCCC1. The maximum absolute atomic E-state index is 6.19. The number of guanidine groups is 1. The summed E-state index contributed by atoms with van der Waals surface area (Å²) in [7, 11) is 1.83. The molecule has 1 saturated heterocycles. The van der Waals surface area contributed by atoms with Crippen LogP contribution in [0.2, 0.25) is 0 Å². The monoisotopic (exact) mass is 359 g/mol. The highest BCUT2D eigenvalue weighted by molar-refractivity contribution is 5.79. The molecule has 1 aliphatic carbocycles. The van der Waals surface area contributed by atoms with Crippen molar-refractivity contribution in [2.45, 2.75) is 58.6 Å². The first-order chi connectivity index (χ1) is 12.6. The second-order valence-electron chi connectivity index (χ2n) is 8.01. The van der Waals surface area contributed by atoms with Gasteiger partial charge >= 0.3 is 0 Å². The normalized spacial score (nSPS) is 22.4. The Bertz CT molecular complexity index is 618. The number of ether oxygens (including phenoxy) is 2. The van der Waals surface area contributed by atoms with Crippen molar-refractivity contribution in [1.82, 2.24) is 10.6 Å². The smallest absolute Gasteiger partial charge is 0.191 e. The number of nitrogens with zero attached hydrogens (tertiary/aromatic N) is 1. The summed E-state index contributed by atoms with van der Waals surface area (Å²) in [5, 5.41) is 6.94. The maximum atomic E-state index is 6.19. The molecule has 5 heteroatoms. The Balaban J connectivity index is 1.56. The lowest BCUT2D eigenvalue weighted by Crippen LogP contribution is -2.41. The summed E-state index contributed by atoms with van der Waals surface area (Å²) in [5.74, 6) is 1.81. The van der Waals surface area contributed by atoms with Gasteiger partial charge in [-0.15, -0.1) is 0 Å². The molecule has 1 aromatic rings. The summed E-state index contributed by atoms with van der Waals surface area (Å²) in [5.41, 5.74) is 2.76. The van der Waals surface area contributed by atoms with E-state index in [1.807, 2.05) is 7.05 Å². The van der Waals surface area contributed by atoms with E-state index < -0.39 is 0 Å². The molecular weight excluding hydrogens is 326 g/mol. The number of nitrogens with one attached hydrogen (secondary N) is 2. The van der Waals surface area contributed by atoms with Crippen molar-refractivity contribution < 1.29 is 9.47 Å². The molecule has 3 rings (SSSR count). The van der Waals surface area contributed by atoms with Gasteiger partial charge in [0, 0.05) is 32.1 Å². The second-order valence-corrected chi connectivity index (χ2v) is 8.01. The fourth-order valence-electron chi connectivity index (χ4n) is 3.80. The number of aryl methyl sites for hydroxylation is 1. The molecule has 0 spiro atoms. The maximum Gasteiger partial charge on any atom is 0.191 e. The van der Waals surface area contributed by atoms with Crippen LogP contribution in [0.15, 0.2) is 23.2 Å². The van der Waals surface area contributed by atoms with Gasteiger partial charge in [-0.05, 0) is 36.8 Å². The van der Waals surface area contributed by atoms with E-state index in [-0.39, 0.29) is 6.10 Å². The fourth-order valence-corrected chi connectivity index (χ4v) is 3.80. The molecule has 0 amide bonds. The van der Waals surface area contributed by atoms with Gasteiger partial charge in [-0.3, -0.25) is 4.99 Å². The first-order valence-electron chi connectivity index (χ1n) is 9.86. The van der Waals surface area contributed by atoms with Gasteiger partial charge in [0.2, 0.25) is 0 Å².